The van der Waals surface area contributed by atoms with Crippen LogP contribution in [0.3, 0.4) is 0 Å². The summed E-state index contributed by atoms with van der Waals surface area (Å²) in [5.74, 6) is 0.254. The van der Waals surface area contributed by atoms with Gasteiger partial charge in [0, 0.05) is 18.8 Å². The van der Waals surface area contributed by atoms with Crippen molar-refractivity contribution in [2.24, 2.45) is 0 Å². The molecule has 4 N–H and O–H groups in total. The summed E-state index contributed by atoms with van der Waals surface area (Å²) in [7, 11) is 0. The first-order valence-electron chi connectivity index (χ1n) is 7.21. The van der Waals surface area contributed by atoms with Crippen LogP contribution in [0, 0.1) is 12.7 Å². The van der Waals surface area contributed by atoms with Gasteiger partial charge in [0.1, 0.15) is 5.82 Å². The van der Waals surface area contributed by atoms with E-state index < -0.39 is 5.82 Å². The van der Waals surface area contributed by atoms with E-state index in [4.69, 9.17) is 10.8 Å². The van der Waals surface area contributed by atoms with Gasteiger partial charge in [-0.2, -0.15) is 4.98 Å². The highest BCUT2D eigenvalue weighted by Gasteiger charge is 2.09. The fourth-order valence-electron chi connectivity index (χ4n) is 2.41. The van der Waals surface area contributed by atoms with Crippen LogP contribution >= 0.6 is 0 Å². The van der Waals surface area contributed by atoms with E-state index in [1.54, 1.807) is 0 Å². The molecule has 120 valence electrons. The van der Waals surface area contributed by atoms with E-state index in [0.29, 0.717) is 13.0 Å². The maximum atomic E-state index is 13.1. The summed E-state index contributed by atoms with van der Waals surface area (Å²) >= 11 is 0. The van der Waals surface area contributed by atoms with Crippen LogP contribution in [0.2, 0.25) is 0 Å². The van der Waals surface area contributed by atoms with Crippen molar-refractivity contribution in [2.75, 3.05) is 17.7 Å². The number of rotatable bonds is 5. The van der Waals surface area contributed by atoms with E-state index in [1.807, 2.05) is 25.1 Å². The molecule has 2 aromatic heterocycles. The predicted octanol–water partition coefficient (Wildman–Crippen LogP) is 1.98. The molecule has 0 amide bonds. The van der Waals surface area contributed by atoms with Crippen molar-refractivity contribution in [3.05, 3.63) is 36.0 Å². The third kappa shape index (κ3) is 3.07. The topological polar surface area (TPSA) is 102 Å². The number of aryl methyl sites for hydroxylation is 2. The molecule has 0 unspecified atom stereocenters. The highest BCUT2D eigenvalue weighted by Crippen LogP contribution is 2.22. The Morgan fingerprint density at radius 3 is 2.91 bits per heavy atom. The van der Waals surface area contributed by atoms with Gasteiger partial charge in [0.2, 0.25) is 5.95 Å². The number of benzene rings is 1. The zero-order valence-corrected chi connectivity index (χ0v) is 12.6. The summed E-state index contributed by atoms with van der Waals surface area (Å²) < 4.78 is 15.1. The van der Waals surface area contributed by atoms with Gasteiger partial charge in [0.25, 0.3) is 0 Å². The number of aromatic nitrogens is 4. The number of hydrogen-bond donors (Lipinski definition) is 3. The highest BCUT2D eigenvalue weighted by molar-refractivity contribution is 5.81. The quantitative estimate of drug-likeness (QED) is 0.665. The molecule has 0 bridgehead atoms. The number of nitrogens with two attached hydrogens (primary N) is 1. The molecule has 7 nitrogen and oxygen atoms in total. The van der Waals surface area contributed by atoms with Crippen molar-refractivity contribution in [3.8, 4) is 0 Å². The maximum Gasteiger partial charge on any atom is 0.229 e. The summed E-state index contributed by atoms with van der Waals surface area (Å²) in [4.78, 5) is 12.2. The molecule has 2 heterocycles. The number of nitrogens with zero attached hydrogens (tertiary/aromatic N) is 4. The van der Waals surface area contributed by atoms with E-state index in [9.17, 15) is 4.39 Å². The van der Waals surface area contributed by atoms with Crippen LogP contribution < -0.4 is 11.1 Å². The SMILES string of the molecule is Cc1nc2cc(Nc3ncc(F)c(N)n3)ccc2n1CCCO. The summed E-state index contributed by atoms with van der Waals surface area (Å²) in [6.45, 7) is 2.78. The predicted molar refractivity (Wildman–Crippen MR) is 85.9 cm³/mol. The fraction of sp³-hybridized carbons (Fsp3) is 0.267. The normalized spacial score (nSPS) is 11.1. The van der Waals surface area contributed by atoms with Crippen LogP contribution in [0.15, 0.2) is 24.4 Å². The lowest BCUT2D eigenvalue weighted by molar-refractivity contribution is 0.280. The van der Waals surface area contributed by atoms with Crippen LogP contribution in [-0.4, -0.2) is 31.2 Å². The van der Waals surface area contributed by atoms with Gasteiger partial charge in [0.15, 0.2) is 11.6 Å². The molecule has 3 aromatic rings. The third-order valence-electron chi connectivity index (χ3n) is 3.51. The third-order valence-corrected chi connectivity index (χ3v) is 3.51. The molecule has 0 atom stereocenters. The van der Waals surface area contributed by atoms with Gasteiger partial charge >= 0.3 is 0 Å². The van der Waals surface area contributed by atoms with Crippen molar-refractivity contribution < 1.29 is 9.50 Å². The molecule has 0 saturated heterocycles. The molecule has 23 heavy (non-hydrogen) atoms. The molecule has 0 spiro atoms. The smallest absolute Gasteiger partial charge is 0.229 e. The lowest BCUT2D eigenvalue weighted by atomic mass is 10.2. The van der Waals surface area contributed by atoms with Gasteiger partial charge in [-0.25, -0.2) is 14.4 Å². The fourth-order valence-corrected chi connectivity index (χ4v) is 2.41. The zero-order chi connectivity index (χ0) is 16.4. The number of aliphatic hydroxyl groups excluding tert-OH is 1. The molecule has 0 aliphatic heterocycles. The van der Waals surface area contributed by atoms with Crippen LogP contribution in [0.4, 0.5) is 21.8 Å². The first-order chi connectivity index (χ1) is 11.1. The zero-order valence-electron chi connectivity index (χ0n) is 12.6. The van der Waals surface area contributed by atoms with E-state index in [-0.39, 0.29) is 18.4 Å². The Morgan fingerprint density at radius 1 is 1.35 bits per heavy atom. The van der Waals surface area contributed by atoms with Gasteiger partial charge in [-0.05, 0) is 31.5 Å². The van der Waals surface area contributed by atoms with E-state index in [0.717, 1.165) is 28.7 Å². The number of hydrogen-bond acceptors (Lipinski definition) is 6. The maximum absolute atomic E-state index is 13.1. The van der Waals surface area contributed by atoms with Crippen LogP contribution in [0.5, 0.6) is 0 Å². The number of fused-ring (bicyclic) bond motifs is 1. The van der Waals surface area contributed by atoms with E-state index in [2.05, 4.69) is 24.8 Å². The van der Waals surface area contributed by atoms with Crippen molar-refractivity contribution in [1.29, 1.82) is 0 Å². The first-order valence-corrected chi connectivity index (χ1v) is 7.21. The number of aliphatic hydroxyl groups is 1. The van der Waals surface area contributed by atoms with Crippen LogP contribution in [0.25, 0.3) is 11.0 Å². The Kier molecular flexibility index (Phi) is 4.07. The number of nitrogens with one attached hydrogen (secondary N) is 1. The molecule has 8 heteroatoms. The molecule has 0 radical (unpaired) electrons. The summed E-state index contributed by atoms with van der Waals surface area (Å²) in [5, 5.41) is 12.0. The molecule has 0 aliphatic carbocycles. The Bertz CT molecular complexity index is 847. The minimum absolute atomic E-state index is 0.141. The van der Waals surface area contributed by atoms with Gasteiger partial charge in [-0.1, -0.05) is 0 Å². The summed E-state index contributed by atoms with van der Waals surface area (Å²) in [5.41, 5.74) is 7.97. The molecule has 3 rings (SSSR count). The minimum Gasteiger partial charge on any atom is -0.396 e. The molecule has 0 aliphatic rings. The summed E-state index contributed by atoms with van der Waals surface area (Å²) in [6, 6.07) is 5.66. The number of halogens is 1. The molecule has 0 saturated carbocycles. The molecular weight excluding hydrogens is 299 g/mol. The second kappa shape index (κ2) is 6.17. The Morgan fingerprint density at radius 2 is 2.17 bits per heavy atom. The second-order valence-electron chi connectivity index (χ2n) is 5.14. The molecule has 0 fully saturated rings. The Balaban J connectivity index is 1.89. The number of nitrogen functional groups attached to an aromatic ring is 1. The highest BCUT2D eigenvalue weighted by atomic mass is 19.1. The largest absolute Gasteiger partial charge is 0.396 e. The monoisotopic (exact) mass is 316 g/mol. The van der Waals surface area contributed by atoms with Gasteiger partial charge in [-0.3, -0.25) is 0 Å². The lowest BCUT2D eigenvalue weighted by Gasteiger charge is -2.07. The van der Waals surface area contributed by atoms with Gasteiger partial charge in [-0.15, -0.1) is 0 Å². The van der Waals surface area contributed by atoms with Gasteiger partial charge < -0.3 is 20.7 Å². The average Bonchev–Trinajstić information content (AvgIpc) is 2.83. The minimum atomic E-state index is -0.649. The standard InChI is InChI=1S/C15H17FN6O/c1-9-19-12-7-10(3-4-13(12)22(9)5-2-6-23)20-15-18-8-11(16)14(17)21-15/h3-4,7-8,23H,2,5-6H2,1H3,(H3,17,18,20,21). The van der Waals surface area contributed by atoms with Crippen LogP contribution in [-0.2, 0) is 6.54 Å². The van der Waals surface area contributed by atoms with E-state index >= 15 is 0 Å². The Labute approximate surface area is 132 Å². The van der Waals surface area contributed by atoms with Crippen LogP contribution in [0.1, 0.15) is 12.2 Å². The van der Waals surface area contributed by atoms with Crippen molar-refractivity contribution in [1.82, 2.24) is 19.5 Å². The second-order valence-corrected chi connectivity index (χ2v) is 5.14. The summed E-state index contributed by atoms with van der Waals surface area (Å²) in [6.07, 6.45) is 1.70. The molecular formula is C15H17FN6O. The van der Waals surface area contributed by atoms with Crippen molar-refractivity contribution >= 4 is 28.5 Å². The molecule has 1 aromatic carbocycles. The number of anilines is 3. The Hall–Kier alpha value is -2.74. The van der Waals surface area contributed by atoms with Gasteiger partial charge in [0.05, 0.1) is 17.2 Å². The van der Waals surface area contributed by atoms with E-state index in [1.165, 1.54) is 0 Å². The lowest BCUT2D eigenvalue weighted by Crippen LogP contribution is -2.03. The first kappa shape index (κ1) is 15.2. The number of imidazole rings is 1. The van der Waals surface area contributed by atoms with Crippen molar-refractivity contribution in [3.63, 3.8) is 0 Å². The van der Waals surface area contributed by atoms with Crippen molar-refractivity contribution in [2.45, 2.75) is 19.9 Å². The average molecular weight is 316 g/mol.